The molecule has 29 heavy (non-hydrogen) atoms. The molecule has 0 aliphatic heterocycles. The first-order chi connectivity index (χ1) is 13.9. The van der Waals surface area contributed by atoms with Crippen LogP contribution in [-0.4, -0.2) is 76.7 Å². The van der Waals surface area contributed by atoms with E-state index in [1.54, 1.807) is 11.2 Å². The predicted octanol–water partition coefficient (Wildman–Crippen LogP) is 2.42. The molecule has 0 radical (unpaired) electrons. The van der Waals surface area contributed by atoms with Crippen LogP contribution >= 0.6 is 0 Å². The highest BCUT2D eigenvalue weighted by Gasteiger charge is 2.31. The molecule has 0 aromatic carbocycles. The van der Waals surface area contributed by atoms with Gasteiger partial charge in [0.15, 0.2) is 5.69 Å². The van der Waals surface area contributed by atoms with Crippen LogP contribution in [0.3, 0.4) is 0 Å². The summed E-state index contributed by atoms with van der Waals surface area (Å²) in [6.45, 7) is 9.17. The number of aromatic nitrogens is 2. The Morgan fingerprint density at radius 3 is 2.69 bits per heavy atom. The quantitative estimate of drug-likeness (QED) is 0.646. The number of rotatable bonds is 9. The molecule has 3 rings (SSSR count). The number of aryl methyl sites for hydroxylation is 1. The van der Waals surface area contributed by atoms with Crippen LogP contribution in [0.2, 0.25) is 0 Å². The second kappa shape index (κ2) is 9.59. The van der Waals surface area contributed by atoms with E-state index in [1.807, 2.05) is 30.9 Å². The van der Waals surface area contributed by atoms with Crippen molar-refractivity contribution >= 4 is 5.91 Å². The van der Waals surface area contributed by atoms with Gasteiger partial charge in [0.25, 0.3) is 5.91 Å². The molecule has 2 heterocycles. The molecule has 160 valence electrons. The highest BCUT2D eigenvalue weighted by Crippen LogP contribution is 2.27. The van der Waals surface area contributed by atoms with E-state index in [0.717, 1.165) is 56.8 Å². The molecule has 1 aliphatic carbocycles. The molecule has 1 unspecified atom stereocenters. The van der Waals surface area contributed by atoms with E-state index in [0.29, 0.717) is 18.3 Å². The summed E-state index contributed by atoms with van der Waals surface area (Å²) in [6, 6.07) is 4.18. The first-order valence-electron chi connectivity index (χ1n) is 10.7. The van der Waals surface area contributed by atoms with Gasteiger partial charge in [-0.1, -0.05) is 13.8 Å². The summed E-state index contributed by atoms with van der Waals surface area (Å²) in [6.07, 6.45) is 4.59. The van der Waals surface area contributed by atoms with Crippen LogP contribution in [0.25, 0.3) is 0 Å². The number of amides is 1. The monoisotopic (exact) mass is 401 g/mol. The third-order valence-electron chi connectivity index (χ3n) is 6.24. The molecule has 1 aliphatic rings. The van der Waals surface area contributed by atoms with Crippen molar-refractivity contribution in [3.63, 3.8) is 0 Å². The van der Waals surface area contributed by atoms with Crippen LogP contribution in [0.15, 0.2) is 22.8 Å². The summed E-state index contributed by atoms with van der Waals surface area (Å²) in [5, 5.41) is 4.61. The van der Waals surface area contributed by atoms with Crippen LogP contribution in [0.5, 0.6) is 0 Å². The van der Waals surface area contributed by atoms with E-state index < -0.39 is 0 Å². The van der Waals surface area contributed by atoms with Crippen molar-refractivity contribution in [2.75, 3.05) is 40.3 Å². The molecular formula is C22H35N5O2. The van der Waals surface area contributed by atoms with Gasteiger partial charge in [0.05, 0.1) is 12.8 Å². The molecule has 7 heteroatoms. The van der Waals surface area contributed by atoms with E-state index >= 15 is 0 Å². The minimum absolute atomic E-state index is 0.0373. The largest absolute Gasteiger partial charge is 0.467 e. The molecule has 0 N–H and O–H groups in total. The van der Waals surface area contributed by atoms with Crippen molar-refractivity contribution in [1.29, 1.82) is 0 Å². The number of fused-ring (bicyclic) bond motifs is 1. The van der Waals surface area contributed by atoms with Crippen molar-refractivity contribution in [2.24, 2.45) is 7.05 Å². The molecular weight excluding hydrogens is 366 g/mol. The number of furan rings is 1. The fourth-order valence-corrected chi connectivity index (χ4v) is 4.23. The first kappa shape index (κ1) is 21.6. The van der Waals surface area contributed by atoms with Gasteiger partial charge in [-0.25, -0.2) is 0 Å². The smallest absolute Gasteiger partial charge is 0.274 e. The Hall–Kier alpha value is -2.12. The maximum atomic E-state index is 13.1. The Bertz CT molecular complexity index is 794. The summed E-state index contributed by atoms with van der Waals surface area (Å²) in [7, 11) is 5.97. The lowest BCUT2D eigenvalue weighted by molar-refractivity contribution is 0.0767. The zero-order chi connectivity index (χ0) is 21.0. The Kier molecular flexibility index (Phi) is 7.14. The fraction of sp³-hybridized carbons (Fsp3) is 0.636. The van der Waals surface area contributed by atoms with Crippen molar-refractivity contribution in [2.45, 2.75) is 45.7 Å². The maximum absolute atomic E-state index is 13.1. The zero-order valence-corrected chi connectivity index (χ0v) is 18.5. The third-order valence-corrected chi connectivity index (χ3v) is 6.24. The molecule has 2 aromatic heterocycles. The molecule has 7 nitrogen and oxygen atoms in total. The molecule has 0 saturated heterocycles. The van der Waals surface area contributed by atoms with Gasteiger partial charge in [-0.15, -0.1) is 0 Å². The van der Waals surface area contributed by atoms with Gasteiger partial charge < -0.3 is 19.1 Å². The summed E-state index contributed by atoms with van der Waals surface area (Å²) in [5.74, 6) is 0.740. The standard InChI is InChI=1S/C22H35N5O2/c1-6-27(7-2)13-12-24(3)17-10-11-20-19(15-17)21(23-26(20)5)22(28)25(4)16-18-9-8-14-29-18/h8-9,14,17H,6-7,10-13,15-16H2,1-5H3. The SMILES string of the molecule is CCN(CC)CCN(C)C1CCc2c(c(C(=O)N(C)Cc3ccco3)nn2C)C1. The van der Waals surface area contributed by atoms with Crippen molar-refractivity contribution < 1.29 is 9.21 Å². The Balaban J connectivity index is 1.70. The normalized spacial score (nSPS) is 16.4. The van der Waals surface area contributed by atoms with Gasteiger partial charge in [-0.05, 0) is 51.5 Å². The summed E-state index contributed by atoms with van der Waals surface area (Å²) >= 11 is 0. The van der Waals surface area contributed by atoms with Crippen molar-refractivity contribution in [3.8, 4) is 0 Å². The Morgan fingerprint density at radius 1 is 1.28 bits per heavy atom. The van der Waals surface area contributed by atoms with E-state index in [-0.39, 0.29) is 5.91 Å². The molecule has 0 bridgehead atoms. The van der Waals surface area contributed by atoms with E-state index in [1.165, 1.54) is 5.69 Å². The highest BCUT2D eigenvalue weighted by molar-refractivity contribution is 5.94. The van der Waals surface area contributed by atoms with E-state index in [9.17, 15) is 4.79 Å². The van der Waals surface area contributed by atoms with Crippen molar-refractivity contribution in [3.05, 3.63) is 41.1 Å². The van der Waals surface area contributed by atoms with E-state index in [4.69, 9.17) is 4.42 Å². The highest BCUT2D eigenvalue weighted by atomic mass is 16.3. The van der Waals surface area contributed by atoms with Gasteiger partial charge >= 0.3 is 0 Å². The number of nitrogens with zero attached hydrogens (tertiary/aromatic N) is 5. The molecule has 0 saturated carbocycles. The summed E-state index contributed by atoms with van der Waals surface area (Å²) in [4.78, 5) is 19.7. The maximum Gasteiger partial charge on any atom is 0.274 e. The number of carbonyl (C=O) groups is 1. The summed E-state index contributed by atoms with van der Waals surface area (Å²) < 4.78 is 7.29. The second-order valence-electron chi connectivity index (χ2n) is 8.04. The Morgan fingerprint density at radius 2 is 2.03 bits per heavy atom. The fourth-order valence-electron chi connectivity index (χ4n) is 4.23. The van der Waals surface area contributed by atoms with Gasteiger partial charge in [0.1, 0.15) is 5.76 Å². The number of hydrogen-bond donors (Lipinski definition) is 0. The topological polar surface area (TPSA) is 57.8 Å². The average Bonchev–Trinajstić information content (AvgIpc) is 3.35. The molecule has 0 spiro atoms. The van der Waals surface area contributed by atoms with Gasteiger partial charge in [-0.2, -0.15) is 5.10 Å². The molecule has 0 fully saturated rings. The third kappa shape index (κ3) is 4.90. The van der Waals surface area contributed by atoms with Gasteiger partial charge in [-0.3, -0.25) is 9.48 Å². The van der Waals surface area contributed by atoms with Crippen molar-refractivity contribution in [1.82, 2.24) is 24.5 Å². The number of carbonyl (C=O) groups excluding carboxylic acids is 1. The number of hydrogen-bond acceptors (Lipinski definition) is 5. The summed E-state index contributed by atoms with van der Waals surface area (Å²) in [5.41, 5.74) is 2.92. The average molecular weight is 402 g/mol. The lowest BCUT2D eigenvalue weighted by Crippen LogP contribution is -2.41. The second-order valence-corrected chi connectivity index (χ2v) is 8.04. The van der Waals surface area contributed by atoms with Crippen LogP contribution in [-0.2, 0) is 26.4 Å². The lowest BCUT2D eigenvalue weighted by Gasteiger charge is -2.33. The van der Waals surface area contributed by atoms with Crippen LogP contribution < -0.4 is 0 Å². The van der Waals surface area contributed by atoms with Gasteiger partial charge in [0, 0.05) is 44.5 Å². The minimum Gasteiger partial charge on any atom is -0.467 e. The Labute approximate surface area is 174 Å². The van der Waals surface area contributed by atoms with Gasteiger partial charge in [0.2, 0.25) is 0 Å². The molecule has 1 atom stereocenters. The predicted molar refractivity (Wildman–Crippen MR) is 114 cm³/mol. The van der Waals surface area contributed by atoms with Crippen LogP contribution in [0.1, 0.15) is 47.8 Å². The first-order valence-corrected chi connectivity index (χ1v) is 10.7. The minimum atomic E-state index is -0.0373. The van der Waals surface area contributed by atoms with Crippen LogP contribution in [0.4, 0.5) is 0 Å². The molecule has 1 amide bonds. The lowest BCUT2D eigenvalue weighted by atomic mass is 9.90. The number of likely N-dealkylation sites (N-methyl/N-ethyl adjacent to an activating group) is 2. The zero-order valence-electron chi connectivity index (χ0n) is 18.5. The van der Waals surface area contributed by atoms with E-state index in [2.05, 4.69) is 35.8 Å². The molecule has 2 aromatic rings. The van der Waals surface area contributed by atoms with Crippen LogP contribution in [0, 0.1) is 0 Å².